The zero-order valence-corrected chi connectivity index (χ0v) is 10.7. The van der Waals surface area contributed by atoms with E-state index in [0.717, 1.165) is 25.4 Å². The highest BCUT2D eigenvalue weighted by Crippen LogP contribution is 2.15. The van der Waals surface area contributed by atoms with Gasteiger partial charge in [0, 0.05) is 39.3 Å². The maximum atomic E-state index is 13.5. The molecule has 0 radical (unpaired) electrons. The van der Waals surface area contributed by atoms with Crippen molar-refractivity contribution in [1.82, 2.24) is 15.2 Å². The van der Waals surface area contributed by atoms with E-state index in [0.29, 0.717) is 13.1 Å². The quantitative estimate of drug-likeness (QED) is 0.854. The zero-order chi connectivity index (χ0) is 13.8. The molecule has 0 aliphatic carbocycles. The van der Waals surface area contributed by atoms with Gasteiger partial charge in [-0.2, -0.15) is 0 Å². The molecule has 1 aliphatic rings. The molecule has 1 aliphatic heterocycles. The number of rotatable bonds is 3. The van der Waals surface area contributed by atoms with Crippen LogP contribution in [0.4, 0.5) is 14.6 Å². The van der Waals surface area contributed by atoms with Crippen molar-refractivity contribution in [1.29, 1.82) is 0 Å². The third-order valence-electron chi connectivity index (χ3n) is 2.99. The van der Waals surface area contributed by atoms with Gasteiger partial charge < -0.3 is 15.1 Å². The first-order chi connectivity index (χ1) is 9.08. The molecule has 5 nitrogen and oxygen atoms in total. The van der Waals surface area contributed by atoms with Crippen LogP contribution in [0.15, 0.2) is 12.3 Å². The lowest BCUT2D eigenvalue weighted by Crippen LogP contribution is -2.49. The first kappa shape index (κ1) is 13.7. The van der Waals surface area contributed by atoms with Crippen LogP contribution in [0.3, 0.4) is 0 Å². The Morgan fingerprint density at radius 2 is 2.16 bits per heavy atom. The molecular weight excluding hydrogens is 254 g/mol. The predicted octanol–water partition coefficient (Wildman–Crippen LogP) is 0.228. The Hall–Kier alpha value is -1.76. The number of anilines is 1. The van der Waals surface area contributed by atoms with Crippen molar-refractivity contribution in [3.63, 3.8) is 0 Å². The van der Waals surface area contributed by atoms with Crippen LogP contribution in [0.2, 0.25) is 0 Å². The number of likely N-dealkylation sites (N-methyl/N-ethyl adjacent to an activating group) is 1. The van der Waals surface area contributed by atoms with Crippen molar-refractivity contribution in [3.05, 3.63) is 23.9 Å². The minimum absolute atomic E-state index is 0.0233. The van der Waals surface area contributed by atoms with Gasteiger partial charge in [-0.15, -0.1) is 0 Å². The van der Waals surface area contributed by atoms with Crippen LogP contribution < -0.4 is 10.2 Å². The van der Waals surface area contributed by atoms with Gasteiger partial charge in [0.05, 0.1) is 12.7 Å². The minimum atomic E-state index is -0.768. The van der Waals surface area contributed by atoms with Gasteiger partial charge in [0.2, 0.25) is 5.91 Å². The van der Waals surface area contributed by atoms with Gasteiger partial charge in [-0.1, -0.05) is 0 Å². The van der Waals surface area contributed by atoms with Gasteiger partial charge >= 0.3 is 0 Å². The Balaban J connectivity index is 1.99. The van der Waals surface area contributed by atoms with Gasteiger partial charge in [-0.25, -0.2) is 13.8 Å². The largest absolute Gasteiger partial charge is 0.348 e. The van der Waals surface area contributed by atoms with Crippen molar-refractivity contribution in [2.24, 2.45) is 0 Å². The van der Waals surface area contributed by atoms with E-state index in [4.69, 9.17) is 0 Å². The van der Waals surface area contributed by atoms with E-state index in [1.807, 2.05) is 0 Å². The molecular formula is C12H16F2N4O. The van der Waals surface area contributed by atoms with Gasteiger partial charge in [-0.3, -0.25) is 4.79 Å². The molecule has 1 fully saturated rings. The summed E-state index contributed by atoms with van der Waals surface area (Å²) in [6.07, 6.45) is 0.935. The van der Waals surface area contributed by atoms with E-state index in [1.165, 1.54) is 4.90 Å². The number of carbonyl (C=O) groups is 1. The molecule has 0 saturated carbocycles. The molecule has 19 heavy (non-hydrogen) atoms. The predicted molar refractivity (Wildman–Crippen MR) is 66.9 cm³/mol. The van der Waals surface area contributed by atoms with Crippen molar-refractivity contribution >= 4 is 11.7 Å². The molecule has 1 N–H and O–H groups in total. The monoisotopic (exact) mass is 270 g/mol. The van der Waals surface area contributed by atoms with E-state index in [1.54, 1.807) is 11.9 Å². The zero-order valence-electron chi connectivity index (χ0n) is 10.7. The number of carbonyl (C=O) groups excluding carboxylic acids is 1. The Morgan fingerprint density at radius 1 is 1.47 bits per heavy atom. The van der Waals surface area contributed by atoms with Crippen LogP contribution in [0.25, 0.3) is 0 Å². The van der Waals surface area contributed by atoms with Gasteiger partial charge in [0.1, 0.15) is 5.82 Å². The fourth-order valence-electron chi connectivity index (χ4n) is 1.98. The van der Waals surface area contributed by atoms with Crippen molar-refractivity contribution < 1.29 is 13.6 Å². The minimum Gasteiger partial charge on any atom is -0.348 e. The maximum Gasteiger partial charge on any atom is 0.242 e. The summed E-state index contributed by atoms with van der Waals surface area (Å²) in [6.45, 7) is 2.84. The summed E-state index contributed by atoms with van der Waals surface area (Å²) in [5, 5.41) is 3.15. The molecule has 2 heterocycles. The van der Waals surface area contributed by atoms with Crippen LogP contribution >= 0.6 is 0 Å². The summed E-state index contributed by atoms with van der Waals surface area (Å²) in [5.41, 5.74) is 0. The lowest BCUT2D eigenvalue weighted by atomic mass is 10.3. The summed E-state index contributed by atoms with van der Waals surface area (Å²) in [5.74, 6) is -1.61. The number of aromatic nitrogens is 1. The number of piperazine rings is 1. The van der Waals surface area contributed by atoms with Crippen LogP contribution in [0.5, 0.6) is 0 Å². The van der Waals surface area contributed by atoms with Crippen molar-refractivity contribution in [2.75, 3.05) is 44.7 Å². The van der Waals surface area contributed by atoms with Gasteiger partial charge in [0.25, 0.3) is 0 Å². The second kappa shape index (κ2) is 5.92. The van der Waals surface area contributed by atoms with Gasteiger partial charge in [-0.05, 0) is 0 Å². The number of nitrogens with zero attached hydrogens (tertiary/aromatic N) is 3. The molecule has 0 bridgehead atoms. The van der Waals surface area contributed by atoms with Crippen molar-refractivity contribution in [2.45, 2.75) is 0 Å². The lowest BCUT2D eigenvalue weighted by molar-refractivity contribution is -0.130. The Kier molecular flexibility index (Phi) is 4.26. The fraction of sp³-hybridized carbons (Fsp3) is 0.500. The van der Waals surface area contributed by atoms with Crippen LogP contribution in [-0.4, -0.2) is 55.6 Å². The Bertz CT molecular complexity index is 463. The smallest absolute Gasteiger partial charge is 0.242 e. The summed E-state index contributed by atoms with van der Waals surface area (Å²) >= 11 is 0. The fourth-order valence-corrected chi connectivity index (χ4v) is 1.98. The van der Waals surface area contributed by atoms with E-state index < -0.39 is 11.6 Å². The first-order valence-corrected chi connectivity index (χ1v) is 6.08. The standard InChI is InChI=1S/C12H16F2N4O/c1-17(12-10(14)6-9(13)7-16-12)8-11(19)18-4-2-15-3-5-18/h6-7,15H,2-5,8H2,1H3. The number of hydrogen-bond acceptors (Lipinski definition) is 4. The number of hydrogen-bond donors (Lipinski definition) is 1. The number of nitrogens with one attached hydrogen (secondary N) is 1. The summed E-state index contributed by atoms with van der Waals surface area (Å²) in [4.78, 5) is 18.8. The molecule has 1 amide bonds. The average Bonchev–Trinajstić information content (AvgIpc) is 2.39. The third kappa shape index (κ3) is 3.37. The van der Waals surface area contributed by atoms with Crippen LogP contribution in [0, 0.1) is 11.6 Å². The second-order valence-corrected chi connectivity index (χ2v) is 4.45. The average molecular weight is 270 g/mol. The summed E-state index contributed by atoms with van der Waals surface area (Å²) in [6, 6.07) is 0.758. The second-order valence-electron chi connectivity index (χ2n) is 4.45. The maximum absolute atomic E-state index is 13.5. The number of pyridine rings is 1. The molecule has 0 spiro atoms. The molecule has 0 aromatic carbocycles. The van der Waals surface area contributed by atoms with E-state index in [9.17, 15) is 13.6 Å². The molecule has 1 saturated heterocycles. The van der Waals surface area contributed by atoms with E-state index in [-0.39, 0.29) is 18.3 Å². The van der Waals surface area contributed by atoms with E-state index >= 15 is 0 Å². The normalized spacial score (nSPS) is 15.4. The lowest BCUT2D eigenvalue weighted by Gasteiger charge is -2.29. The number of halogens is 2. The Morgan fingerprint density at radius 3 is 2.79 bits per heavy atom. The molecule has 1 aromatic heterocycles. The SMILES string of the molecule is CN(CC(=O)N1CCNCC1)c1ncc(F)cc1F. The highest BCUT2D eigenvalue weighted by Gasteiger charge is 2.19. The molecule has 0 unspecified atom stereocenters. The number of amides is 1. The molecule has 1 aromatic rings. The molecule has 0 atom stereocenters. The highest BCUT2D eigenvalue weighted by molar-refractivity contribution is 5.81. The first-order valence-electron chi connectivity index (χ1n) is 6.08. The summed E-state index contributed by atoms with van der Waals surface area (Å²) in [7, 11) is 1.56. The van der Waals surface area contributed by atoms with Crippen molar-refractivity contribution in [3.8, 4) is 0 Å². The Labute approximate surface area is 110 Å². The highest BCUT2D eigenvalue weighted by atomic mass is 19.1. The van der Waals surface area contributed by atoms with Gasteiger partial charge in [0.15, 0.2) is 11.6 Å². The third-order valence-corrected chi connectivity index (χ3v) is 2.99. The van der Waals surface area contributed by atoms with Crippen LogP contribution in [0.1, 0.15) is 0 Å². The molecule has 7 heteroatoms. The summed E-state index contributed by atoms with van der Waals surface area (Å²) < 4.78 is 26.3. The topological polar surface area (TPSA) is 48.5 Å². The molecule has 2 rings (SSSR count). The van der Waals surface area contributed by atoms with E-state index in [2.05, 4.69) is 10.3 Å². The molecule has 104 valence electrons. The van der Waals surface area contributed by atoms with Crippen LogP contribution in [-0.2, 0) is 4.79 Å².